The number of hydrogen-bond donors (Lipinski definition) is 3. The average molecular weight is 306 g/mol. The van der Waals surface area contributed by atoms with Crippen molar-refractivity contribution in [3.63, 3.8) is 0 Å². The molecule has 0 aliphatic rings. The molecule has 4 nitrogen and oxygen atoms in total. The van der Waals surface area contributed by atoms with E-state index in [0.29, 0.717) is 17.0 Å². The van der Waals surface area contributed by atoms with Crippen molar-refractivity contribution >= 4 is 33.0 Å². The molecule has 2 rings (SSSR count). The lowest BCUT2D eigenvalue weighted by molar-refractivity contribution is 0.0872. The maximum absolute atomic E-state index is 12.1. The van der Waals surface area contributed by atoms with Gasteiger partial charge >= 0.3 is 0 Å². The molecule has 1 atom stereocenters. The van der Waals surface area contributed by atoms with Gasteiger partial charge in [-0.15, -0.1) is 11.3 Å². The maximum atomic E-state index is 12.1. The summed E-state index contributed by atoms with van der Waals surface area (Å²) < 4.78 is 1.03. The first-order chi connectivity index (χ1) is 9.74. The molecule has 0 spiro atoms. The summed E-state index contributed by atoms with van der Waals surface area (Å²) in [5, 5.41) is 13.7. The van der Waals surface area contributed by atoms with Crippen LogP contribution in [0, 0.1) is 5.41 Å². The van der Waals surface area contributed by atoms with E-state index in [4.69, 9.17) is 5.73 Å². The Morgan fingerprint density at radius 1 is 1.38 bits per heavy atom. The molecule has 0 fully saturated rings. The Morgan fingerprint density at radius 2 is 2.10 bits per heavy atom. The van der Waals surface area contributed by atoms with E-state index in [0.717, 1.165) is 10.1 Å². The van der Waals surface area contributed by atoms with Gasteiger partial charge in [-0.05, 0) is 41.5 Å². The highest BCUT2D eigenvalue weighted by Gasteiger charge is 2.18. The van der Waals surface area contributed by atoms with Crippen molar-refractivity contribution in [2.45, 2.75) is 33.3 Å². The molecule has 1 amide bonds. The minimum atomic E-state index is -0.529. The van der Waals surface area contributed by atoms with E-state index in [2.05, 4.69) is 26.1 Å². The average Bonchev–Trinajstić information content (AvgIpc) is 2.76. The molecule has 0 saturated carbocycles. The third kappa shape index (κ3) is 4.44. The molecule has 114 valence electrons. The van der Waals surface area contributed by atoms with E-state index in [9.17, 15) is 9.90 Å². The number of aliphatic hydroxyl groups is 1. The zero-order valence-corrected chi connectivity index (χ0v) is 13.5. The number of fused-ring (bicyclic) bond motifs is 1. The first-order valence-electron chi connectivity index (χ1n) is 7.00. The number of benzene rings is 1. The van der Waals surface area contributed by atoms with Crippen LogP contribution in [0.2, 0.25) is 0 Å². The highest BCUT2D eigenvalue weighted by atomic mass is 32.1. The van der Waals surface area contributed by atoms with E-state index in [1.165, 1.54) is 11.3 Å². The fraction of sp³-hybridized carbons (Fsp3) is 0.438. The van der Waals surface area contributed by atoms with Gasteiger partial charge in [0.2, 0.25) is 0 Å². The molecular weight excluding hydrogens is 284 g/mol. The van der Waals surface area contributed by atoms with E-state index in [-0.39, 0.29) is 17.9 Å². The van der Waals surface area contributed by atoms with Crippen molar-refractivity contribution in [2.24, 2.45) is 5.41 Å². The summed E-state index contributed by atoms with van der Waals surface area (Å²) in [5.74, 6) is -0.150. The minimum Gasteiger partial charge on any atom is -0.399 e. The Morgan fingerprint density at radius 3 is 2.76 bits per heavy atom. The third-order valence-electron chi connectivity index (χ3n) is 3.11. The fourth-order valence-corrected chi connectivity index (χ4v) is 3.21. The summed E-state index contributed by atoms with van der Waals surface area (Å²) in [5.41, 5.74) is 6.47. The van der Waals surface area contributed by atoms with Crippen LogP contribution in [-0.4, -0.2) is 23.7 Å². The summed E-state index contributed by atoms with van der Waals surface area (Å²) in [6.07, 6.45) is 0.120. The highest BCUT2D eigenvalue weighted by Crippen LogP contribution is 2.27. The van der Waals surface area contributed by atoms with Crippen LogP contribution in [0.1, 0.15) is 36.9 Å². The van der Waals surface area contributed by atoms with Crippen molar-refractivity contribution < 1.29 is 9.90 Å². The van der Waals surface area contributed by atoms with Gasteiger partial charge in [0, 0.05) is 16.9 Å². The van der Waals surface area contributed by atoms with Crippen LogP contribution in [0.3, 0.4) is 0 Å². The van der Waals surface area contributed by atoms with Crippen LogP contribution in [-0.2, 0) is 0 Å². The quantitative estimate of drug-likeness (QED) is 0.760. The topological polar surface area (TPSA) is 75.3 Å². The lowest BCUT2D eigenvalue weighted by Gasteiger charge is -2.22. The van der Waals surface area contributed by atoms with Gasteiger partial charge in [-0.25, -0.2) is 0 Å². The van der Waals surface area contributed by atoms with Crippen LogP contribution < -0.4 is 11.1 Å². The van der Waals surface area contributed by atoms with Gasteiger partial charge in [0.25, 0.3) is 5.91 Å². The molecule has 5 heteroatoms. The Balaban J connectivity index is 1.99. The number of thiophene rings is 1. The number of anilines is 1. The van der Waals surface area contributed by atoms with Crippen LogP contribution in [0.5, 0.6) is 0 Å². The molecule has 0 radical (unpaired) electrons. The number of rotatable bonds is 4. The summed E-state index contributed by atoms with van der Waals surface area (Å²) in [6, 6.07) is 7.44. The molecule has 1 aromatic heterocycles. The van der Waals surface area contributed by atoms with Gasteiger partial charge in [0.05, 0.1) is 11.0 Å². The summed E-state index contributed by atoms with van der Waals surface area (Å²) in [7, 11) is 0. The highest BCUT2D eigenvalue weighted by molar-refractivity contribution is 7.20. The summed E-state index contributed by atoms with van der Waals surface area (Å²) in [6.45, 7) is 6.46. The second-order valence-electron chi connectivity index (χ2n) is 6.54. The van der Waals surface area contributed by atoms with Gasteiger partial charge in [-0.1, -0.05) is 20.8 Å². The van der Waals surface area contributed by atoms with Crippen molar-refractivity contribution in [3.8, 4) is 0 Å². The Hall–Kier alpha value is -1.59. The zero-order chi connectivity index (χ0) is 15.6. The number of hydrogen-bond acceptors (Lipinski definition) is 4. The van der Waals surface area contributed by atoms with E-state index < -0.39 is 6.10 Å². The number of nitrogens with two attached hydrogens (primary N) is 1. The molecule has 0 aliphatic carbocycles. The van der Waals surface area contributed by atoms with Crippen molar-refractivity contribution in [2.75, 3.05) is 12.3 Å². The van der Waals surface area contributed by atoms with Crippen molar-refractivity contribution in [3.05, 3.63) is 29.1 Å². The predicted octanol–water partition coefficient (Wildman–Crippen LogP) is 3.01. The lowest BCUT2D eigenvalue weighted by Crippen LogP contribution is -2.33. The number of aliphatic hydroxyl groups excluding tert-OH is 1. The molecule has 21 heavy (non-hydrogen) atoms. The Kier molecular flexibility index (Phi) is 4.54. The molecule has 0 saturated heterocycles. The number of carbonyl (C=O) groups is 1. The van der Waals surface area contributed by atoms with Gasteiger partial charge in [0.15, 0.2) is 0 Å². The van der Waals surface area contributed by atoms with E-state index in [1.54, 1.807) is 0 Å². The first-order valence-corrected chi connectivity index (χ1v) is 7.81. The first kappa shape index (κ1) is 15.8. The van der Waals surface area contributed by atoms with Crippen LogP contribution >= 0.6 is 11.3 Å². The molecule has 4 N–H and O–H groups in total. The van der Waals surface area contributed by atoms with E-state index in [1.807, 2.05) is 24.3 Å². The van der Waals surface area contributed by atoms with Crippen LogP contribution in [0.15, 0.2) is 24.3 Å². The smallest absolute Gasteiger partial charge is 0.261 e. The van der Waals surface area contributed by atoms with Gasteiger partial charge in [-0.2, -0.15) is 0 Å². The monoisotopic (exact) mass is 306 g/mol. The molecule has 2 aromatic rings. The number of amides is 1. The van der Waals surface area contributed by atoms with Crippen LogP contribution in [0.4, 0.5) is 5.69 Å². The Labute approximate surface area is 129 Å². The second-order valence-corrected chi connectivity index (χ2v) is 7.62. The molecule has 1 heterocycles. The van der Waals surface area contributed by atoms with Gasteiger partial charge < -0.3 is 16.2 Å². The SMILES string of the molecule is CC(C)(C)CC(O)CNC(=O)c1cc2cc(N)ccc2s1. The minimum absolute atomic E-state index is 0.0410. The third-order valence-corrected chi connectivity index (χ3v) is 4.23. The number of nitrogen functional groups attached to an aromatic ring is 1. The second kappa shape index (κ2) is 6.03. The van der Waals surface area contributed by atoms with Crippen LogP contribution in [0.25, 0.3) is 10.1 Å². The molecule has 1 unspecified atom stereocenters. The normalized spacial score (nSPS) is 13.3. The van der Waals surface area contributed by atoms with E-state index >= 15 is 0 Å². The lowest BCUT2D eigenvalue weighted by atomic mass is 9.89. The summed E-state index contributed by atoms with van der Waals surface area (Å²) >= 11 is 1.43. The summed E-state index contributed by atoms with van der Waals surface area (Å²) in [4.78, 5) is 12.8. The molecule has 0 aliphatic heterocycles. The molecule has 0 bridgehead atoms. The fourth-order valence-electron chi connectivity index (χ4n) is 2.25. The predicted molar refractivity (Wildman–Crippen MR) is 88.6 cm³/mol. The van der Waals surface area contributed by atoms with Gasteiger partial charge in [0.1, 0.15) is 0 Å². The zero-order valence-electron chi connectivity index (χ0n) is 12.6. The standard InChI is InChI=1S/C16H22N2O2S/c1-16(2,3)8-12(19)9-18-15(20)14-7-10-6-11(17)4-5-13(10)21-14/h4-7,12,19H,8-9,17H2,1-3H3,(H,18,20). The van der Waals surface area contributed by atoms with Crippen molar-refractivity contribution in [1.29, 1.82) is 0 Å². The molecular formula is C16H22N2O2S. The Bertz CT molecular complexity index is 643. The molecule has 1 aromatic carbocycles. The maximum Gasteiger partial charge on any atom is 0.261 e. The van der Waals surface area contributed by atoms with Gasteiger partial charge in [-0.3, -0.25) is 4.79 Å². The van der Waals surface area contributed by atoms with Crippen molar-refractivity contribution in [1.82, 2.24) is 5.32 Å². The largest absolute Gasteiger partial charge is 0.399 e. The number of carbonyl (C=O) groups excluding carboxylic acids is 1. The number of nitrogens with one attached hydrogen (secondary N) is 1.